The molecule has 4 rings (SSSR count). The maximum absolute atomic E-state index is 12.6. The Bertz CT molecular complexity index is 1170. The molecular weight excluding hydrogens is 364 g/mol. The Hall–Kier alpha value is -3.93. The number of benzene rings is 2. The molecule has 0 bridgehead atoms. The van der Waals surface area contributed by atoms with Gasteiger partial charge in [-0.15, -0.1) is 0 Å². The van der Waals surface area contributed by atoms with Crippen molar-refractivity contribution in [3.8, 4) is 5.75 Å². The molecule has 0 spiro atoms. The van der Waals surface area contributed by atoms with E-state index in [-0.39, 0.29) is 5.91 Å². The minimum absolute atomic E-state index is 0.289. The molecule has 0 aliphatic heterocycles. The van der Waals surface area contributed by atoms with E-state index in [0.717, 1.165) is 33.6 Å². The number of ether oxygens (including phenoxy) is 1. The molecule has 2 aromatic carbocycles. The largest absolute Gasteiger partial charge is 0.495 e. The zero-order chi connectivity index (χ0) is 20.2. The Balaban J connectivity index is 1.52. The van der Waals surface area contributed by atoms with E-state index in [1.54, 1.807) is 25.6 Å². The standard InChI is InChI=1S/C23H20N4O2/c1-15-8-11-21(29-2)20(13-15)26-17-9-10-19(25-14-17)23(28)27-18-7-3-5-16-6-4-12-24-22(16)18/h3-14,26H,1-2H3,(H,27,28). The number of aromatic nitrogens is 2. The normalized spacial score (nSPS) is 10.6. The number of carbonyl (C=O) groups excluding carboxylic acids is 1. The summed E-state index contributed by atoms with van der Waals surface area (Å²) >= 11 is 0. The van der Waals surface area contributed by atoms with Gasteiger partial charge in [0.05, 0.1) is 35.9 Å². The van der Waals surface area contributed by atoms with Gasteiger partial charge in [-0.2, -0.15) is 0 Å². The first-order valence-electron chi connectivity index (χ1n) is 9.17. The molecule has 6 heteroatoms. The lowest BCUT2D eigenvalue weighted by atomic mass is 10.2. The van der Waals surface area contributed by atoms with Crippen LogP contribution in [0.25, 0.3) is 10.9 Å². The van der Waals surface area contributed by atoms with Gasteiger partial charge >= 0.3 is 0 Å². The molecule has 0 unspecified atom stereocenters. The second-order valence-electron chi connectivity index (χ2n) is 6.60. The number of hydrogen-bond donors (Lipinski definition) is 2. The van der Waals surface area contributed by atoms with Crippen LogP contribution in [-0.4, -0.2) is 23.0 Å². The SMILES string of the molecule is COc1ccc(C)cc1Nc1ccc(C(=O)Nc2cccc3cccnc23)nc1. The second-order valence-corrected chi connectivity index (χ2v) is 6.60. The average molecular weight is 384 g/mol. The molecule has 144 valence electrons. The number of rotatable bonds is 5. The lowest BCUT2D eigenvalue weighted by molar-refractivity contribution is 0.102. The van der Waals surface area contributed by atoms with E-state index in [1.165, 1.54) is 0 Å². The Morgan fingerprint density at radius 2 is 1.83 bits per heavy atom. The van der Waals surface area contributed by atoms with Gasteiger partial charge in [-0.05, 0) is 48.9 Å². The number of hydrogen-bond acceptors (Lipinski definition) is 5. The van der Waals surface area contributed by atoms with Gasteiger partial charge in [0.25, 0.3) is 5.91 Å². The molecule has 4 aromatic rings. The zero-order valence-electron chi connectivity index (χ0n) is 16.1. The topological polar surface area (TPSA) is 76.1 Å². The molecule has 2 aromatic heterocycles. The van der Waals surface area contributed by atoms with E-state index >= 15 is 0 Å². The highest BCUT2D eigenvalue weighted by Crippen LogP contribution is 2.28. The van der Waals surface area contributed by atoms with E-state index in [9.17, 15) is 4.79 Å². The Labute approximate surface area is 168 Å². The van der Waals surface area contributed by atoms with Crippen LogP contribution in [-0.2, 0) is 0 Å². The highest BCUT2D eigenvalue weighted by molar-refractivity contribution is 6.07. The summed E-state index contributed by atoms with van der Waals surface area (Å²) in [7, 11) is 1.63. The lowest BCUT2D eigenvalue weighted by Gasteiger charge is -2.12. The minimum atomic E-state index is -0.289. The number of pyridine rings is 2. The third-order valence-corrected chi connectivity index (χ3v) is 4.51. The predicted octanol–water partition coefficient (Wildman–Crippen LogP) is 4.94. The average Bonchev–Trinajstić information content (AvgIpc) is 2.75. The summed E-state index contributed by atoms with van der Waals surface area (Å²) in [6.45, 7) is 2.01. The summed E-state index contributed by atoms with van der Waals surface area (Å²) in [5.74, 6) is 0.448. The molecule has 29 heavy (non-hydrogen) atoms. The van der Waals surface area contributed by atoms with Crippen molar-refractivity contribution in [3.63, 3.8) is 0 Å². The number of nitrogens with zero attached hydrogens (tertiary/aromatic N) is 2. The van der Waals surface area contributed by atoms with Gasteiger partial charge in [-0.1, -0.05) is 24.3 Å². The molecule has 0 radical (unpaired) electrons. The highest BCUT2D eigenvalue weighted by atomic mass is 16.5. The quantitative estimate of drug-likeness (QED) is 0.509. The van der Waals surface area contributed by atoms with Crippen molar-refractivity contribution >= 4 is 33.9 Å². The summed E-state index contributed by atoms with van der Waals surface area (Å²) < 4.78 is 5.38. The Morgan fingerprint density at radius 1 is 0.966 bits per heavy atom. The molecule has 0 saturated carbocycles. The molecule has 0 aliphatic rings. The van der Waals surface area contributed by atoms with Crippen molar-refractivity contribution < 1.29 is 9.53 Å². The van der Waals surface area contributed by atoms with Crippen LogP contribution in [0, 0.1) is 6.92 Å². The van der Waals surface area contributed by atoms with Crippen molar-refractivity contribution in [1.29, 1.82) is 0 Å². The van der Waals surface area contributed by atoms with E-state index in [2.05, 4.69) is 20.6 Å². The van der Waals surface area contributed by atoms with E-state index < -0.39 is 0 Å². The van der Waals surface area contributed by atoms with Crippen LogP contribution in [0.4, 0.5) is 17.1 Å². The molecular formula is C23H20N4O2. The summed E-state index contributed by atoms with van der Waals surface area (Å²) in [4.78, 5) is 21.3. The number of para-hydroxylation sites is 1. The van der Waals surface area contributed by atoms with Crippen molar-refractivity contribution in [2.75, 3.05) is 17.7 Å². The van der Waals surface area contributed by atoms with Crippen LogP contribution in [0.3, 0.4) is 0 Å². The Kier molecular flexibility index (Phi) is 5.07. The first-order valence-corrected chi connectivity index (χ1v) is 9.17. The molecule has 0 fully saturated rings. The number of amides is 1. The molecule has 2 heterocycles. The summed E-state index contributed by atoms with van der Waals surface area (Å²) in [5, 5.41) is 7.13. The van der Waals surface area contributed by atoms with Gasteiger partial charge in [0.2, 0.25) is 0 Å². The predicted molar refractivity (Wildman–Crippen MR) is 115 cm³/mol. The van der Waals surface area contributed by atoms with Gasteiger partial charge in [0.1, 0.15) is 11.4 Å². The van der Waals surface area contributed by atoms with Crippen LogP contribution in [0.5, 0.6) is 5.75 Å². The molecule has 0 atom stereocenters. The molecule has 0 saturated heterocycles. The van der Waals surface area contributed by atoms with E-state index in [1.807, 2.05) is 61.5 Å². The van der Waals surface area contributed by atoms with Crippen molar-refractivity contribution in [1.82, 2.24) is 9.97 Å². The fourth-order valence-electron chi connectivity index (χ4n) is 3.07. The zero-order valence-corrected chi connectivity index (χ0v) is 16.1. The third kappa shape index (κ3) is 4.01. The van der Waals surface area contributed by atoms with Gasteiger partial charge in [-0.25, -0.2) is 4.98 Å². The fraction of sp³-hybridized carbons (Fsp3) is 0.0870. The number of carbonyl (C=O) groups is 1. The summed E-state index contributed by atoms with van der Waals surface area (Å²) in [5.41, 5.74) is 4.43. The van der Waals surface area contributed by atoms with Crippen molar-refractivity contribution in [3.05, 3.63) is 84.3 Å². The number of anilines is 3. The second kappa shape index (κ2) is 7.98. The summed E-state index contributed by atoms with van der Waals surface area (Å²) in [6, 6.07) is 18.9. The van der Waals surface area contributed by atoms with Gasteiger partial charge in [0, 0.05) is 11.6 Å². The van der Waals surface area contributed by atoms with Crippen LogP contribution >= 0.6 is 0 Å². The third-order valence-electron chi connectivity index (χ3n) is 4.51. The van der Waals surface area contributed by atoms with Crippen LogP contribution in [0.1, 0.15) is 16.1 Å². The van der Waals surface area contributed by atoms with Crippen molar-refractivity contribution in [2.45, 2.75) is 6.92 Å². The fourth-order valence-corrected chi connectivity index (χ4v) is 3.07. The first kappa shape index (κ1) is 18.4. The number of nitrogens with one attached hydrogen (secondary N) is 2. The van der Waals surface area contributed by atoms with Crippen molar-refractivity contribution in [2.24, 2.45) is 0 Å². The maximum Gasteiger partial charge on any atom is 0.274 e. The number of fused-ring (bicyclic) bond motifs is 1. The maximum atomic E-state index is 12.6. The first-order chi connectivity index (χ1) is 14.1. The molecule has 0 aliphatic carbocycles. The van der Waals surface area contributed by atoms with Crippen LogP contribution in [0.2, 0.25) is 0 Å². The number of methoxy groups -OCH3 is 1. The Morgan fingerprint density at radius 3 is 2.62 bits per heavy atom. The summed E-state index contributed by atoms with van der Waals surface area (Å²) in [6.07, 6.45) is 3.33. The van der Waals surface area contributed by atoms with Gasteiger partial charge in [-0.3, -0.25) is 9.78 Å². The molecule has 1 amide bonds. The molecule has 2 N–H and O–H groups in total. The van der Waals surface area contributed by atoms with Crippen LogP contribution in [0.15, 0.2) is 73.1 Å². The van der Waals surface area contributed by atoms with E-state index in [0.29, 0.717) is 11.4 Å². The van der Waals surface area contributed by atoms with Crippen LogP contribution < -0.4 is 15.4 Å². The van der Waals surface area contributed by atoms with Gasteiger partial charge < -0.3 is 15.4 Å². The van der Waals surface area contributed by atoms with Gasteiger partial charge in [0.15, 0.2) is 0 Å². The lowest BCUT2D eigenvalue weighted by Crippen LogP contribution is -2.14. The van der Waals surface area contributed by atoms with E-state index in [4.69, 9.17) is 4.74 Å². The minimum Gasteiger partial charge on any atom is -0.495 e. The highest BCUT2D eigenvalue weighted by Gasteiger charge is 2.11. The number of aryl methyl sites for hydroxylation is 1. The monoisotopic (exact) mass is 384 g/mol. The smallest absolute Gasteiger partial charge is 0.274 e. The molecule has 6 nitrogen and oxygen atoms in total.